The lowest BCUT2D eigenvalue weighted by molar-refractivity contribution is 0.0775. The number of nitrogens with one attached hydrogen (secondary N) is 3. The fraction of sp³-hybridized carbons (Fsp3) is 0.423. The van der Waals surface area contributed by atoms with Gasteiger partial charge in [-0.1, -0.05) is 48.5 Å². The van der Waals surface area contributed by atoms with Crippen molar-refractivity contribution in [2.75, 3.05) is 27.2 Å². The van der Waals surface area contributed by atoms with Crippen LogP contribution in [0.15, 0.2) is 60.8 Å². The predicted octanol–water partition coefficient (Wildman–Crippen LogP) is 4.66. The van der Waals surface area contributed by atoms with Crippen molar-refractivity contribution in [2.45, 2.75) is 37.6 Å². The number of amides is 2. The fourth-order valence-corrected chi connectivity index (χ4v) is 5.05. The van der Waals surface area contributed by atoms with E-state index in [2.05, 4.69) is 77.1 Å². The van der Waals surface area contributed by atoms with Crippen LogP contribution in [0.2, 0.25) is 0 Å². The molecule has 2 aromatic carbocycles. The Kier molecular flexibility index (Phi) is 6.62. The number of hydrogen-bond acceptors (Lipinski definition) is 2. The number of H-pyrrole nitrogens is 1. The molecule has 1 aliphatic rings. The van der Waals surface area contributed by atoms with E-state index in [-0.39, 0.29) is 11.6 Å². The highest BCUT2D eigenvalue weighted by Gasteiger charge is 2.38. The largest absolute Gasteiger partial charge is 0.361 e. The van der Waals surface area contributed by atoms with Gasteiger partial charge < -0.3 is 15.6 Å². The Labute approximate surface area is 185 Å². The first-order valence-electron chi connectivity index (χ1n) is 11.4. The van der Waals surface area contributed by atoms with Crippen molar-refractivity contribution in [3.63, 3.8) is 0 Å². The van der Waals surface area contributed by atoms with Crippen molar-refractivity contribution < 1.29 is 4.79 Å². The Morgan fingerprint density at radius 2 is 1.74 bits per heavy atom. The number of hydrogen-bond donors (Lipinski definition) is 3. The molecule has 5 nitrogen and oxygen atoms in total. The summed E-state index contributed by atoms with van der Waals surface area (Å²) in [6.07, 6.45) is 7.36. The average Bonchev–Trinajstić information content (AvgIpc) is 3.22. The standard InChI is InChI=1S/C26H34N4O/c1-30(2)26(22-8-4-3-5-9-22)15-12-20(13-16-26)18-29-25(31)27-17-14-21-19-28-24-11-7-6-10-23(21)24/h3-11,19-20,28H,12-18H2,1-2H3,(H2,27,29,31). The summed E-state index contributed by atoms with van der Waals surface area (Å²) in [6.45, 7) is 1.38. The number of carbonyl (C=O) groups excluding carboxylic acids is 1. The van der Waals surface area contributed by atoms with Crippen molar-refractivity contribution >= 4 is 16.9 Å². The van der Waals surface area contributed by atoms with Gasteiger partial charge in [0.05, 0.1) is 0 Å². The van der Waals surface area contributed by atoms with Gasteiger partial charge in [0.2, 0.25) is 0 Å². The molecule has 0 saturated heterocycles. The smallest absolute Gasteiger partial charge is 0.314 e. The molecule has 1 aromatic heterocycles. The van der Waals surface area contributed by atoms with Gasteiger partial charge in [0, 0.05) is 35.7 Å². The molecule has 3 N–H and O–H groups in total. The van der Waals surface area contributed by atoms with E-state index in [1.807, 2.05) is 18.3 Å². The summed E-state index contributed by atoms with van der Waals surface area (Å²) in [4.78, 5) is 18.0. The highest BCUT2D eigenvalue weighted by atomic mass is 16.2. The molecule has 31 heavy (non-hydrogen) atoms. The minimum Gasteiger partial charge on any atom is -0.361 e. The number of aromatic nitrogens is 1. The zero-order chi connectivity index (χ0) is 21.7. The minimum atomic E-state index is -0.0626. The SMILES string of the molecule is CN(C)C1(c2ccccc2)CCC(CNC(=O)NCCc2c[nH]c3ccccc23)CC1. The van der Waals surface area contributed by atoms with E-state index in [0.29, 0.717) is 12.5 Å². The molecule has 0 radical (unpaired) electrons. The van der Waals surface area contributed by atoms with Crippen LogP contribution in [0.4, 0.5) is 4.79 Å². The van der Waals surface area contributed by atoms with Crippen molar-refractivity contribution in [3.8, 4) is 0 Å². The van der Waals surface area contributed by atoms with Crippen LogP contribution in [-0.2, 0) is 12.0 Å². The van der Waals surface area contributed by atoms with Gasteiger partial charge in [-0.15, -0.1) is 0 Å². The van der Waals surface area contributed by atoms with Crippen LogP contribution < -0.4 is 10.6 Å². The number of rotatable bonds is 7. The number of urea groups is 1. The lowest BCUT2D eigenvalue weighted by Crippen LogP contribution is -2.46. The third-order valence-electron chi connectivity index (χ3n) is 7.01. The summed E-state index contributed by atoms with van der Waals surface area (Å²) in [5, 5.41) is 7.34. The Hall–Kier alpha value is -2.79. The van der Waals surface area contributed by atoms with Gasteiger partial charge in [0.1, 0.15) is 0 Å². The summed E-state index contributed by atoms with van der Waals surface area (Å²) >= 11 is 0. The Bertz CT molecular complexity index is 987. The molecule has 1 saturated carbocycles. The van der Waals surface area contributed by atoms with E-state index in [1.54, 1.807) is 0 Å². The molecule has 3 aromatic rings. The van der Waals surface area contributed by atoms with Gasteiger partial charge in [0.25, 0.3) is 0 Å². The van der Waals surface area contributed by atoms with Crippen LogP contribution in [0, 0.1) is 5.92 Å². The van der Waals surface area contributed by atoms with Gasteiger partial charge in [-0.3, -0.25) is 4.90 Å². The van der Waals surface area contributed by atoms with Crippen molar-refractivity contribution in [3.05, 3.63) is 71.9 Å². The van der Waals surface area contributed by atoms with Crippen LogP contribution >= 0.6 is 0 Å². The highest BCUT2D eigenvalue weighted by Crippen LogP contribution is 2.42. The molecule has 164 valence electrons. The van der Waals surface area contributed by atoms with Crippen molar-refractivity contribution in [1.29, 1.82) is 0 Å². The molecule has 4 rings (SSSR count). The molecule has 1 aliphatic carbocycles. The van der Waals surface area contributed by atoms with Crippen LogP contribution in [0.1, 0.15) is 36.8 Å². The lowest BCUT2D eigenvalue weighted by atomic mass is 9.72. The van der Waals surface area contributed by atoms with Crippen molar-refractivity contribution in [2.24, 2.45) is 5.92 Å². The van der Waals surface area contributed by atoms with Gasteiger partial charge in [-0.05, 0) is 69.3 Å². The number of para-hydroxylation sites is 1. The van der Waals surface area contributed by atoms with Gasteiger partial charge >= 0.3 is 6.03 Å². The molecular formula is C26H34N4O. The van der Waals surface area contributed by atoms with Gasteiger partial charge in [-0.2, -0.15) is 0 Å². The highest BCUT2D eigenvalue weighted by molar-refractivity contribution is 5.83. The third kappa shape index (κ3) is 4.77. The maximum atomic E-state index is 12.3. The first-order chi connectivity index (χ1) is 15.1. The second-order valence-electron chi connectivity index (χ2n) is 8.98. The molecule has 0 atom stereocenters. The summed E-state index contributed by atoms with van der Waals surface area (Å²) in [5.74, 6) is 0.538. The van der Waals surface area contributed by atoms with E-state index < -0.39 is 0 Å². The van der Waals surface area contributed by atoms with E-state index in [9.17, 15) is 4.79 Å². The molecule has 0 spiro atoms. The predicted molar refractivity (Wildman–Crippen MR) is 127 cm³/mol. The maximum Gasteiger partial charge on any atom is 0.314 e. The van der Waals surface area contributed by atoms with E-state index >= 15 is 0 Å². The quantitative estimate of drug-likeness (QED) is 0.523. The Balaban J connectivity index is 1.22. The number of benzene rings is 2. The van der Waals surface area contributed by atoms with E-state index in [1.165, 1.54) is 16.5 Å². The number of fused-ring (bicyclic) bond motifs is 1. The Morgan fingerprint density at radius 3 is 2.48 bits per heavy atom. The monoisotopic (exact) mass is 418 g/mol. The summed E-state index contributed by atoms with van der Waals surface area (Å²) < 4.78 is 0. The van der Waals surface area contributed by atoms with Gasteiger partial charge in [-0.25, -0.2) is 4.79 Å². The molecule has 5 heteroatoms. The molecular weight excluding hydrogens is 384 g/mol. The Morgan fingerprint density at radius 1 is 1.03 bits per heavy atom. The maximum absolute atomic E-state index is 12.3. The summed E-state index contributed by atoms with van der Waals surface area (Å²) in [7, 11) is 4.37. The first-order valence-corrected chi connectivity index (χ1v) is 11.4. The zero-order valence-electron chi connectivity index (χ0n) is 18.7. The second kappa shape index (κ2) is 9.56. The topological polar surface area (TPSA) is 60.2 Å². The number of nitrogens with zero attached hydrogens (tertiary/aromatic N) is 1. The molecule has 0 unspecified atom stereocenters. The van der Waals surface area contributed by atoms with Crippen LogP contribution in [0.25, 0.3) is 10.9 Å². The summed E-state index contributed by atoms with van der Waals surface area (Å²) in [5.41, 5.74) is 3.90. The minimum absolute atomic E-state index is 0.0626. The van der Waals surface area contributed by atoms with Gasteiger partial charge in [0.15, 0.2) is 0 Å². The average molecular weight is 419 g/mol. The molecule has 2 amide bonds. The summed E-state index contributed by atoms with van der Waals surface area (Å²) in [6, 6.07) is 19.1. The second-order valence-corrected chi connectivity index (χ2v) is 8.98. The molecule has 1 fully saturated rings. The number of carbonyl (C=O) groups is 1. The fourth-order valence-electron chi connectivity index (χ4n) is 5.05. The van der Waals surface area contributed by atoms with Crippen LogP contribution in [-0.4, -0.2) is 43.1 Å². The molecule has 1 heterocycles. The van der Waals surface area contributed by atoms with E-state index in [0.717, 1.165) is 44.2 Å². The van der Waals surface area contributed by atoms with E-state index in [4.69, 9.17) is 0 Å². The van der Waals surface area contributed by atoms with Crippen LogP contribution in [0.3, 0.4) is 0 Å². The molecule has 0 bridgehead atoms. The first kappa shape index (κ1) is 21.4. The van der Waals surface area contributed by atoms with Crippen molar-refractivity contribution in [1.82, 2.24) is 20.5 Å². The van der Waals surface area contributed by atoms with Crippen LogP contribution in [0.5, 0.6) is 0 Å². The third-order valence-corrected chi connectivity index (χ3v) is 7.01. The molecule has 0 aliphatic heterocycles. The number of aromatic amines is 1. The normalized spacial score (nSPS) is 21.3. The zero-order valence-corrected chi connectivity index (χ0v) is 18.7. The lowest BCUT2D eigenvalue weighted by Gasteiger charge is -2.45.